The number of likely N-dealkylation sites (tertiary alicyclic amines) is 1. The van der Waals surface area contributed by atoms with Crippen LogP contribution in [0, 0.1) is 0 Å². The molecule has 0 saturated carbocycles. The van der Waals surface area contributed by atoms with Crippen LogP contribution in [0.15, 0.2) is 0 Å². The summed E-state index contributed by atoms with van der Waals surface area (Å²) in [7, 11) is 0. The Morgan fingerprint density at radius 3 is 2.50 bits per heavy atom. The molecule has 0 aromatic carbocycles. The highest BCUT2D eigenvalue weighted by Gasteiger charge is 2.17. The second-order valence-corrected chi connectivity index (χ2v) is 4.09. The van der Waals surface area contributed by atoms with Gasteiger partial charge in [0.2, 0.25) is 0 Å². The zero-order valence-corrected chi connectivity index (χ0v) is 8.95. The molecule has 0 aromatic heterocycles. The number of aliphatic hydroxyl groups is 2. The highest BCUT2D eigenvalue weighted by Crippen LogP contribution is 2.10. The van der Waals surface area contributed by atoms with Crippen molar-refractivity contribution in [2.45, 2.75) is 31.9 Å². The Morgan fingerprint density at radius 1 is 1.29 bits per heavy atom. The van der Waals surface area contributed by atoms with E-state index in [0.29, 0.717) is 12.6 Å². The lowest BCUT2D eigenvalue weighted by Crippen LogP contribution is -2.41. The first-order valence-corrected chi connectivity index (χ1v) is 5.47. The minimum atomic E-state index is -0.624. The van der Waals surface area contributed by atoms with E-state index in [4.69, 9.17) is 10.2 Å². The lowest BCUT2D eigenvalue weighted by Gasteiger charge is -2.24. The molecule has 1 aliphatic heterocycles. The van der Waals surface area contributed by atoms with E-state index >= 15 is 0 Å². The van der Waals surface area contributed by atoms with Gasteiger partial charge in [-0.3, -0.25) is 4.90 Å². The summed E-state index contributed by atoms with van der Waals surface area (Å²) in [5.74, 6) is 0. The zero-order chi connectivity index (χ0) is 10.4. The van der Waals surface area contributed by atoms with Crippen LogP contribution >= 0.6 is 0 Å². The monoisotopic (exact) mass is 202 g/mol. The van der Waals surface area contributed by atoms with Gasteiger partial charge in [0, 0.05) is 19.1 Å². The molecule has 1 fully saturated rings. The SMILES string of the molecule is CC(CNCC(O)CO)N1CCCC1. The van der Waals surface area contributed by atoms with Crippen LogP contribution in [0.1, 0.15) is 19.8 Å². The lowest BCUT2D eigenvalue weighted by molar-refractivity contribution is 0.0926. The maximum atomic E-state index is 9.11. The molecule has 84 valence electrons. The minimum absolute atomic E-state index is 0.162. The molecule has 2 atom stereocenters. The van der Waals surface area contributed by atoms with Gasteiger partial charge in [0.15, 0.2) is 0 Å². The van der Waals surface area contributed by atoms with Crippen LogP contribution in [0.5, 0.6) is 0 Å². The number of aliphatic hydroxyl groups excluding tert-OH is 2. The smallest absolute Gasteiger partial charge is 0.0894 e. The molecule has 14 heavy (non-hydrogen) atoms. The minimum Gasteiger partial charge on any atom is -0.394 e. The van der Waals surface area contributed by atoms with E-state index < -0.39 is 6.10 Å². The number of hydrogen-bond donors (Lipinski definition) is 3. The van der Waals surface area contributed by atoms with Gasteiger partial charge in [0.1, 0.15) is 0 Å². The van der Waals surface area contributed by atoms with Gasteiger partial charge >= 0.3 is 0 Å². The normalized spacial score (nSPS) is 22.5. The number of nitrogens with one attached hydrogen (secondary N) is 1. The molecule has 0 aliphatic carbocycles. The molecular formula is C10H22N2O2. The van der Waals surface area contributed by atoms with Gasteiger partial charge in [0.05, 0.1) is 12.7 Å². The van der Waals surface area contributed by atoms with E-state index in [-0.39, 0.29) is 6.61 Å². The lowest BCUT2D eigenvalue weighted by atomic mass is 10.3. The second-order valence-electron chi connectivity index (χ2n) is 4.09. The fourth-order valence-electron chi connectivity index (χ4n) is 1.83. The molecule has 3 N–H and O–H groups in total. The summed E-state index contributed by atoms with van der Waals surface area (Å²) in [6.45, 7) is 5.80. The van der Waals surface area contributed by atoms with Crippen molar-refractivity contribution in [3.8, 4) is 0 Å². The highest BCUT2D eigenvalue weighted by atomic mass is 16.3. The summed E-state index contributed by atoms with van der Waals surface area (Å²) in [6.07, 6.45) is 1.99. The third kappa shape index (κ3) is 3.92. The fraction of sp³-hybridized carbons (Fsp3) is 1.00. The van der Waals surface area contributed by atoms with Crippen LogP contribution in [-0.4, -0.2) is 60.0 Å². The molecule has 0 bridgehead atoms. The standard InChI is InChI=1S/C10H22N2O2/c1-9(12-4-2-3-5-12)6-11-7-10(14)8-13/h9-11,13-14H,2-8H2,1H3. The molecule has 0 radical (unpaired) electrons. The molecule has 1 aliphatic rings. The fourth-order valence-corrected chi connectivity index (χ4v) is 1.83. The van der Waals surface area contributed by atoms with Crippen LogP contribution in [0.25, 0.3) is 0 Å². The average molecular weight is 202 g/mol. The predicted octanol–water partition coefficient (Wildman–Crippen LogP) is -0.586. The maximum Gasteiger partial charge on any atom is 0.0894 e. The Kier molecular flexibility index (Phi) is 5.40. The van der Waals surface area contributed by atoms with Gasteiger partial charge in [0.25, 0.3) is 0 Å². The summed E-state index contributed by atoms with van der Waals surface area (Å²) < 4.78 is 0. The van der Waals surface area contributed by atoms with Crippen molar-refractivity contribution in [3.05, 3.63) is 0 Å². The van der Waals surface area contributed by atoms with E-state index in [1.807, 2.05) is 0 Å². The van der Waals surface area contributed by atoms with Crippen molar-refractivity contribution in [1.29, 1.82) is 0 Å². The molecule has 2 unspecified atom stereocenters. The molecular weight excluding hydrogens is 180 g/mol. The Balaban J connectivity index is 2.05. The molecule has 4 nitrogen and oxygen atoms in total. The highest BCUT2D eigenvalue weighted by molar-refractivity contribution is 4.74. The third-order valence-electron chi connectivity index (χ3n) is 2.79. The van der Waals surface area contributed by atoms with Crippen LogP contribution in [0.3, 0.4) is 0 Å². The van der Waals surface area contributed by atoms with Gasteiger partial charge < -0.3 is 15.5 Å². The van der Waals surface area contributed by atoms with E-state index in [9.17, 15) is 0 Å². The summed E-state index contributed by atoms with van der Waals surface area (Å²) in [4.78, 5) is 2.46. The van der Waals surface area contributed by atoms with Crippen molar-refractivity contribution in [2.24, 2.45) is 0 Å². The van der Waals surface area contributed by atoms with Gasteiger partial charge in [-0.25, -0.2) is 0 Å². The van der Waals surface area contributed by atoms with Crippen LogP contribution < -0.4 is 5.32 Å². The maximum absolute atomic E-state index is 9.11. The Morgan fingerprint density at radius 2 is 1.93 bits per heavy atom. The largest absolute Gasteiger partial charge is 0.394 e. The zero-order valence-electron chi connectivity index (χ0n) is 8.95. The van der Waals surface area contributed by atoms with Crippen molar-refractivity contribution in [2.75, 3.05) is 32.8 Å². The van der Waals surface area contributed by atoms with E-state index in [1.54, 1.807) is 0 Å². The molecule has 1 heterocycles. The van der Waals surface area contributed by atoms with Gasteiger partial charge in [-0.2, -0.15) is 0 Å². The van der Waals surface area contributed by atoms with Gasteiger partial charge in [-0.05, 0) is 32.9 Å². The molecule has 0 spiro atoms. The predicted molar refractivity (Wildman–Crippen MR) is 56.2 cm³/mol. The topological polar surface area (TPSA) is 55.7 Å². The van der Waals surface area contributed by atoms with Crippen LogP contribution in [0.2, 0.25) is 0 Å². The molecule has 0 aromatic rings. The second kappa shape index (κ2) is 6.35. The van der Waals surface area contributed by atoms with E-state index in [0.717, 1.165) is 6.54 Å². The van der Waals surface area contributed by atoms with Crippen LogP contribution in [-0.2, 0) is 0 Å². The number of hydrogen-bond acceptors (Lipinski definition) is 4. The van der Waals surface area contributed by atoms with Crippen LogP contribution in [0.4, 0.5) is 0 Å². The third-order valence-corrected chi connectivity index (χ3v) is 2.79. The first-order valence-electron chi connectivity index (χ1n) is 5.47. The first kappa shape index (κ1) is 11.9. The van der Waals surface area contributed by atoms with E-state index in [2.05, 4.69) is 17.1 Å². The number of rotatable bonds is 6. The molecule has 0 amide bonds. The summed E-state index contributed by atoms with van der Waals surface area (Å²) >= 11 is 0. The summed E-state index contributed by atoms with van der Waals surface area (Å²) in [5.41, 5.74) is 0. The number of nitrogens with zero attached hydrogens (tertiary/aromatic N) is 1. The van der Waals surface area contributed by atoms with Crippen molar-refractivity contribution < 1.29 is 10.2 Å². The van der Waals surface area contributed by atoms with Gasteiger partial charge in [-0.15, -0.1) is 0 Å². The van der Waals surface area contributed by atoms with Crippen molar-refractivity contribution >= 4 is 0 Å². The Bertz CT molecular complexity index is 149. The quantitative estimate of drug-likeness (QED) is 0.539. The molecule has 1 rings (SSSR count). The summed E-state index contributed by atoms with van der Waals surface area (Å²) in [6, 6.07) is 0.531. The van der Waals surface area contributed by atoms with E-state index in [1.165, 1.54) is 25.9 Å². The Hall–Kier alpha value is -0.160. The van der Waals surface area contributed by atoms with Gasteiger partial charge in [-0.1, -0.05) is 0 Å². The average Bonchev–Trinajstić information content (AvgIpc) is 2.70. The summed E-state index contributed by atoms with van der Waals surface area (Å²) in [5, 5.41) is 20.9. The molecule has 4 heteroatoms. The molecule has 1 saturated heterocycles. The van der Waals surface area contributed by atoms with Crippen molar-refractivity contribution in [1.82, 2.24) is 10.2 Å². The van der Waals surface area contributed by atoms with Crippen molar-refractivity contribution in [3.63, 3.8) is 0 Å². The Labute approximate surface area is 85.9 Å². The first-order chi connectivity index (χ1) is 6.74.